The van der Waals surface area contributed by atoms with E-state index in [0.717, 1.165) is 11.6 Å². The van der Waals surface area contributed by atoms with E-state index in [1.54, 1.807) is 31.3 Å². The van der Waals surface area contributed by atoms with Crippen LogP contribution in [0.5, 0.6) is 0 Å². The number of hydrogen-bond acceptors (Lipinski definition) is 7. The number of nitrogens with one attached hydrogen (secondary N) is 4. The monoisotopic (exact) mass is 501 g/mol. The van der Waals surface area contributed by atoms with Crippen molar-refractivity contribution in [3.63, 3.8) is 0 Å². The van der Waals surface area contributed by atoms with Crippen molar-refractivity contribution >= 4 is 34.9 Å². The van der Waals surface area contributed by atoms with Crippen LogP contribution in [0.3, 0.4) is 0 Å². The minimum Gasteiger partial charge on any atom is -0.373 e. The van der Waals surface area contributed by atoms with Gasteiger partial charge in [-0.25, -0.2) is 19.2 Å². The van der Waals surface area contributed by atoms with E-state index in [2.05, 4.69) is 41.3 Å². The lowest BCUT2D eigenvalue weighted by Crippen LogP contribution is -2.20. The normalized spacial score (nSPS) is 11.2. The molecule has 2 aromatic carbocycles. The van der Waals surface area contributed by atoms with Gasteiger partial charge in [0.15, 0.2) is 5.82 Å². The molecule has 4 N–H and O–H groups in total. The molecular formula is C22H19F4N9O. The number of rotatable bonds is 6. The van der Waals surface area contributed by atoms with Gasteiger partial charge in [-0.15, -0.1) is 0 Å². The predicted molar refractivity (Wildman–Crippen MR) is 125 cm³/mol. The summed E-state index contributed by atoms with van der Waals surface area (Å²) in [5.74, 6) is 0.237. The van der Waals surface area contributed by atoms with E-state index in [9.17, 15) is 22.4 Å². The van der Waals surface area contributed by atoms with Gasteiger partial charge in [-0.2, -0.15) is 27.9 Å². The van der Waals surface area contributed by atoms with Crippen molar-refractivity contribution in [1.82, 2.24) is 24.7 Å². The second kappa shape index (κ2) is 9.85. The summed E-state index contributed by atoms with van der Waals surface area (Å²) >= 11 is 0. The molecule has 0 unspecified atom stereocenters. The molecule has 2 aromatic heterocycles. The highest BCUT2D eigenvalue weighted by molar-refractivity contribution is 6.00. The number of hydrogen-bond donors (Lipinski definition) is 4. The average molecular weight is 501 g/mol. The molecule has 0 aliphatic carbocycles. The minimum absolute atomic E-state index is 0.318. The van der Waals surface area contributed by atoms with Crippen molar-refractivity contribution in [3.05, 3.63) is 72.1 Å². The number of urea groups is 1. The standard InChI is InChI=1S/C22H19F4N9O/c1-12-3-4-15(32-21(36)33-16-6-13(22(24,25)26)5-14(23)7-16)8-17(12)34-20-30-11-31-35(20)19-9-18(27-2)28-10-29-19/h3-11H,1-2H3,(H,27,28,29)(H,30,31,34)(H2,32,33,36). The first kappa shape index (κ1) is 24.4. The summed E-state index contributed by atoms with van der Waals surface area (Å²) in [6, 6.07) is 7.51. The number of carbonyl (C=O) groups excluding carboxylic acids is 1. The lowest BCUT2D eigenvalue weighted by atomic mass is 10.1. The number of carbonyl (C=O) groups is 1. The van der Waals surface area contributed by atoms with Crippen molar-refractivity contribution in [3.8, 4) is 5.82 Å². The van der Waals surface area contributed by atoms with Crippen LogP contribution >= 0.6 is 0 Å². The van der Waals surface area contributed by atoms with Gasteiger partial charge in [0.2, 0.25) is 5.95 Å². The van der Waals surface area contributed by atoms with E-state index in [1.165, 1.54) is 17.3 Å². The maximum atomic E-state index is 13.6. The molecule has 0 atom stereocenters. The maximum Gasteiger partial charge on any atom is 0.416 e. The maximum absolute atomic E-state index is 13.6. The summed E-state index contributed by atoms with van der Waals surface area (Å²) in [5.41, 5.74) is 0.126. The third-order valence-corrected chi connectivity index (χ3v) is 4.90. The van der Waals surface area contributed by atoms with Crippen LogP contribution in [0.2, 0.25) is 0 Å². The molecule has 0 aliphatic heterocycles. The summed E-state index contributed by atoms with van der Waals surface area (Å²) in [6.45, 7) is 1.82. The van der Waals surface area contributed by atoms with Crippen LogP contribution in [-0.2, 0) is 6.18 Å². The number of amides is 2. The molecule has 0 saturated carbocycles. The smallest absolute Gasteiger partial charge is 0.373 e. The number of anilines is 5. The molecule has 2 heterocycles. The van der Waals surface area contributed by atoms with Gasteiger partial charge in [-0.05, 0) is 42.8 Å². The Kier molecular flexibility index (Phi) is 6.67. The van der Waals surface area contributed by atoms with Crippen molar-refractivity contribution in [2.24, 2.45) is 0 Å². The predicted octanol–water partition coefficient (Wildman–Crippen LogP) is 4.95. The summed E-state index contributed by atoms with van der Waals surface area (Å²) in [5, 5.41) is 14.9. The Morgan fingerprint density at radius 1 is 0.944 bits per heavy atom. The number of halogens is 4. The lowest BCUT2D eigenvalue weighted by Gasteiger charge is -2.14. The Morgan fingerprint density at radius 3 is 2.47 bits per heavy atom. The van der Waals surface area contributed by atoms with Crippen LogP contribution < -0.4 is 21.3 Å². The molecule has 186 valence electrons. The third kappa shape index (κ3) is 5.65. The van der Waals surface area contributed by atoms with Crippen LogP contribution in [-0.4, -0.2) is 37.8 Å². The molecule has 4 aromatic rings. The fraction of sp³-hybridized carbons (Fsp3) is 0.136. The Bertz CT molecular complexity index is 1400. The number of aryl methyl sites for hydroxylation is 1. The molecule has 0 aliphatic rings. The topological polar surface area (TPSA) is 122 Å². The van der Waals surface area contributed by atoms with Gasteiger partial charge < -0.3 is 21.3 Å². The van der Waals surface area contributed by atoms with Crippen molar-refractivity contribution in [2.45, 2.75) is 13.1 Å². The van der Waals surface area contributed by atoms with E-state index in [0.29, 0.717) is 41.1 Å². The molecule has 0 radical (unpaired) electrons. The van der Waals surface area contributed by atoms with Crippen molar-refractivity contribution in [2.75, 3.05) is 28.3 Å². The molecule has 4 rings (SSSR count). The SMILES string of the molecule is CNc1cc(-n2ncnc2Nc2cc(NC(=O)Nc3cc(F)cc(C(F)(F)F)c3)ccc2C)ncn1. The van der Waals surface area contributed by atoms with Gasteiger partial charge in [-0.1, -0.05) is 6.07 Å². The number of benzene rings is 2. The van der Waals surface area contributed by atoms with E-state index in [1.807, 2.05) is 6.92 Å². The average Bonchev–Trinajstić information content (AvgIpc) is 3.28. The first-order valence-electron chi connectivity index (χ1n) is 10.4. The van der Waals surface area contributed by atoms with Crippen LogP contribution in [0.4, 0.5) is 51.2 Å². The molecule has 2 amide bonds. The zero-order chi connectivity index (χ0) is 25.9. The van der Waals surface area contributed by atoms with Gasteiger partial charge in [0.05, 0.1) is 5.56 Å². The van der Waals surface area contributed by atoms with Crippen molar-refractivity contribution < 1.29 is 22.4 Å². The van der Waals surface area contributed by atoms with Gasteiger partial charge >= 0.3 is 12.2 Å². The van der Waals surface area contributed by atoms with E-state index in [4.69, 9.17) is 0 Å². The Balaban J connectivity index is 1.51. The molecule has 14 heteroatoms. The Hall–Kier alpha value is -4.75. The first-order chi connectivity index (χ1) is 17.1. The summed E-state index contributed by atoms with van der Waals surface area (Å²) in [4.78, 5) is 24.8. The molecule has 36 heavy (non-hydrogen) atoms. The number of aromatic nitrogens is 5. The molecule has 0 bridgehead atoms. The Morgan fingerprint density at radius 2 is 1.72 bits per heavy atom. The van der Waals surface area contributed by atoms with Gasteiger partial charge in [0.1, 0.15) is 24.3 Å². The fourth-order valence-corrected chi connectivity index (χ4v) is 3.17. The summed E-state index contributed by atoms with van der Waals surface area (Å²) in [7, 11) is 1.72. The molecule has 10 nitrogen and oxygen atoms in total. The fourth-order valence-electron chi connectivity index (χ4n) is 3.17. The highest BCUT2D eigenvalue weighted by atomic mass is 19.4. The first-order valence-corrected chi connectivity index (χ1v) is 10.4. The molecule has 0 spiro atoms. The number of alkyl halides is 3. The highest BCUT2D eigenvalue weighted by Crippen LogP contribution is 2.32. The van der Waals surface area contributed by atoms with Crippen LogP contribution in [0.1, 0.15) is 11.1 Å². The quantitative estimate of drug-likeness (QED) is 0.276. The Labute approximate surface area is 201 Å². The summed E-state index contributed by atoms with van der Waals surface area (Å²) < 4.78 is 53.8. The minimum atomic E-state index is -4.76. The summed E-state index contributed by atoms with van der Waals surface area (Å²) in [6.07, 6.45) is -2.05. The van der Waals surface area contributed by atoms with Crippen LogP contribution in [0, 0.1) is 12.7 Å². The van der Waals surface area contributed by atoms with Crippen molar-refractivity contribution in [1.29, 1.82) is 0 Å². The molecule has 0 saturated heterocycles. The van der Waals surface area contributed by atoms with Crippen LogP contribution in [0.25, 0.3) is 5.82 Å². The largest absolute Gasteiger partial charge is 0.416 e. The molecular weight excluding hydrogens is 482 g/mol. The van der Waals surface area contributed by atoms with Gasteiger partial charge in [-0.3, -0.25) is 0 Å². The number of nitrogens with zero attached hydrogens (tertiary/aromatic N) is 5. The zero-order valence-corrected chi connectivity index (χ0v) is 18.9. The lowest BCUT2D eigenvalue weighted by molar-refractivity contribution is -0.137. The van der Waals surface area contributed by atoms with Crippen LogP contribution in [0.15, 0.2) is 55.1 Å². The van der Waals surface area contributed by atoms with E-state index < -0.39 is 23.6 Å². The zero-order valence-electron chi connectivity index (χ0n) is 18.9. The highest BCUT2D eigenvalue weighted by Gasteiger charge is 2.31. The van der Waals surface area contributed by atoms with E-state index >= 15 is 0 Å². The van der Waals surface area contributed by atoms with Gasteiger partial charge in [0.25, 0.3) is 0 Å². The second-order valence-corrected chi connectivity index (χ2v) is 7.47. The van der Waals surface area contributed by atoms with Gasteiger partial charge in [0, 0.05) is 30.2 Å². The molecule has 0 fully saturated rings. The van der Waals surface area contributed by atoms with E-state index in [-0.39, 0.29) is 5.69 Å². The second-order valence-electron chi connectivity index (χ2n) is 7.47. The third-order valence-electron chi connectivity index (χ3n) is 4.90.